The second kappa shape index (κ2) is 12.2. The van der Waals surface area contributed by atoms with E-state index in [0.29, 0.717) is 0 Å². The third-order valence-corrected chi connectivity index (χ3v) is 1.04. The number of hydrogen-bond donors (Lipinski definition) is 0. The van der Waals surface area contributed by atoms with Gasteiger partial charge in [0.25, 0.3) is 0 Å². The summed E-state index contributed by atoms with van der Waals surface area (Å²) in [5, 5.41) is 0. The molecule has 0 heteroatoms. The van der Waals surface area contributed by atoms with E-state index in [1.54, 1.807) is 0 Å². The Balaban J connectivity index is 0. The van der Waals surface area contributed by atoms with E-state index in [-0.39, 0.29) is 0 Å². The van der Waals surface area contributed by atoms with Crippen LogP contribution in [-0.4, -0.2) is 0 Å². The number of hydrogen-bond acceptors (Lipinski definition) is 0. The van der Waals surface area contributed by atoms with Crippen LogP contribution in [0.1, 0.15) is 19.4 Å². The third kappa shape index (κ3) is 18.9. The molecule has 0 heterocycles. The van der Waals surface area contributed by atoms with E-state index in [1.807, 2.05) is 50.3 Å². The van der Waals surface area contributed by atoms with E-state index in [9.17, 15) is 0 Å². The van der Waals surface area contributed by atoms with E-state index in [4.69, 9.17) is 0 Å². The number of allylic oxidation sites excluding steroid dienone is 1. The van der Waals surface area contributed by atoms with Gasteiger partial charge in [0.05, 0.1) is 0 Å². The highest BCUT2D eigenvalue weighted by Crippen LogP contribution is 1.97. The highest BCUT2D eigenvalue weighted by molar-refractivity contribution is 5.45. The summed E-state index contributed by atoms with van der Waals surface area (Å²) in [4.78, 5) is 0. The Morgan fingerprint density at radius 2 is 1.47 bits per heavy atom. The highest BCUT2D eigenvalue weighted by Gasteiger charge is 1.75. The molecular formula is C15H20. The summed E-state index contributed by atoms with van der Waals surface area (Å²) >= 11 is 0. The molecule has 1 aromatic rings. The molecule has 0 atom stereocenters. The van der Waals surface area contributed by atoms with Crippen molar-refractivity contribution in [2.24, 2.45) is 0 Å². The van der Waals surface area contributed by atoms with Crippen LogP contribution in [0, 0.1) is 0 Å². The largest absolute Gasteiger partial charge is 0.137 e. The predicted molar refractivity (Wildman–Crippen MR) is 71.8 cm³/mol. The first-order chi connectivity index (χ1) is 7.08. The van der Waals surface area contributed by atoms with Crippen LogP contribution in [0.4, 0.5) is 0 Å². The molecule has 0 N–H and O–H groups in total. The van der Waals surface area contributed by atoms with Crippen LogP contribution in [0.15, 0.2) is 68.0 Å². The van der Waals surface area contributed by atoms with E-state index >= 15 is 0 Å². The maximum atomic E-state index is 3.63. The second-order valence-electron chi connectivity index (χ2n) is 3.07. The molecule has 0 fully saturated rings. The van der Waals surface area contributed by atoms with Crippen LogP contribution in [0.3, 0.4) is 0 Å². The average Bonchev–Trinajstić information content (AvgIpc) is 2.19. The van der Waals surface area contributed by atoms with Crippen molar-refractivity contribution >= 4 is 6.08 Å². The van der Waals surface area contributed by atoms with Crippen molar-refractivity contribution in [3.8, 4) is 0 Å². The van der Waals surface area contributed by atoms with E-state index in [0.717, 1.165) is 0 Å². The van der Waals surface area contributed by atoms with Crippen LogP contribution in [-0.2, 0) is 0 Å². The fraction of sp³-hybridized carbons (Fsp3) is 0.133. The maximum absolute atomic E-state index is 3.63. The van der Waals surface area contributed by atoms with Gasteiger partial charge in [-0.25, -0.2) is 0 Å². The summed E-state index contributed by atoms with van der Waals surface area (Å²) in [6, 6.07) is 10.0. The molecule has 0 saturated heterocycles. The van der Waals surface area contributed by atoms with Crippen molar-refractivity contribution < 1.29 is 0 Å². The monoisotopic (exact) mass is 200 g/mol. The first-order valence-corrected chi connectivity index (χ1v) is 4.67. The first-order valence-electron chi connectivity index (χ1n) is 4.67. The molecule has 1 rings (SSSR count). The van der Waals surface area contributed by atoms with Gasteiger partial charge >= 0.3 is 0 Å². The SMILES string of the molecule is C=C(C)C.C=C=C.C=Cc1ccccc1. The van der Waals surface area contributed by atoms with Gasteiger partial charge in [-0.15, -0.1) is 12.3 Å². The zero-order valence-corrected chi connectivity index (χ0v) is 9.79. The Morgan fingerprint density at radius 1 is 1.13 bits per heavy atom. The third-order valence-electron chi connectivity index (χ3n) is 1.04. The van der Waals surface area contributed by atoms with Gasteiger partial charge < -0.3 is 0 Å². The van der Waals surface area contributed by atoms with E-state index < -0.39 is 0 Å². The fourth-order valence-electron chi connectivity index (χ4n) is 0.589. The molecule has 0 saturated carbocycles. The molecule has 0 aliphatic heterocycles. The summed E-state index contributed by atoms with van der Waals surface area (Å²) in [5.74, 6) is 0. The van der Waals surface area contributed by atoms with Gasteiger partial charge in [0.15, 0.2) is 0 Å². The molecule has 1 aromatic carbocycles. The van der Waals surface area contributed by atoms with Gasteiger partial charge in [-0.1, -0.05) is 61.7 Å². The number of benzene rings is 1. The van der Waals surface area contributed by atoms with Gasteiger partial charge in [0.1, 0.15) is 0 Å². The maximum Gasteiger partial charge on any atom is -0.0263 e. The summed E-state index contributed by atoms with van der Waals surface area (Å²) in [6.45, 7) is 17.4. The fourth-order valence-corrected chi connectivity index (χ4v) is 0.589. The van der Waals surface area contributed by atoms with E-state index in [2.05, 4.69) is 32.0 Å². The zero-order valence-electron chi connectivity index (χ0n) is 9.79. The summed E-state index contributed by atoms with van der Waals surface area (Å²) in [6.07, 6.45) is 1.83. The molecule has 0 aliphatic rings. The van der Waals surface area contributed by atoms with Gasteiger partial charge in [0, 0.05) is 0 Å². The standard InChI is InChI=1S/C8H8.C4H8.C3H4/c1-2-8-6-4-3-5-7-8;1-4(2)3;1-3-2/h2-7H,1H2;1H2,2-3H3;1-2H2. The minimum atomic E-state index is 1.17. The zero-order chi connectivity index (χ0) is 12.1. The Bertz CT molecular complexity index is 294. The molecule has 15 heavy (non-hydrogen) atoms. The molecular weight excluding hydrogens is 180 g/mol. The molecule has 0 nitrogen and oxygen atoms in total. The molecule has 0 amide bonds. The lowest BCUT2D eigenvalue weighted by atomic mass is 10.2. The van der Waals surface area contributed by atoms with Crippen LogP contribution < -0.4 is 0 Å². The Kier molecular flexibility index (Phi) is 12.8. The lowest BCUT2D eigenvalue weighted by molar-refractivity contribution is 1.42. The van der Waals surface area contributed by atoms with E-state index in [1.165, 1.54) is 11.1 Å². The van der Waals surface area contributed by atoms with Gasteiger partial charge in [0.2, 0.25) is 0 Å². The minimum Gasteiger partial charge on any atom is -0.137 e. The first kappa shape index (κ1) is 15.7. The molecule has 0 bridgehead atoms. The molecule has 0 spiro atoms. The topological polar surface area (TPSA) is 0 Å². The Labute approximate surface area is 94.0 Å². The molecule has 80 valence electrons. The summed E-state index contributed by atoms with van der Waals surface area (Å²) < 4.78 is 0. The molecule has 0 unspecified atom stereocenters. The van der Waals surface area contributed by atoms with Crippen LogP contribution in [0.5, 0.6) is 0 Å². The van der Waals surface area contributed by atoms with Crippen molar-refractivity contribution in [1.82, 2.24) is 0 Å². The quantitative estimate of drug-likeness (QED) is 0.448. The Hall–Kier alpha value is -1.78. The highest BCUT2D eigenvalue weighted by atomic mass is 13.8. The molecule has 0 radical (unpaired) electrons. The summed E-state index contributed by atoms with van der Waals surface area (Å²) in [7, 11) is 0. The molecule has 0 aliphatic carbocycles. The van der Waals surface area contributed by atoms with Crippen LogP contribution >= 0.6 is 0 Å². The normalized spacial score (nSPS) is 6.80. The number of rotatable bonds is 1. The lowest BCUT2D eigenvalue weighted by Crippen LogP contribution is -1.63. The van der Waals surface area contributed by atoms with Crippen molar-refractivity contribution in [2.75, 3.05) is 0 Å². The second-order valence-corrected chi connectivity index (χ2v) is 3.07. The van der Waals surface area contributed by atoms with Gasteiger partial charge in [-0.3, -0.25) is 0 Å². The van der Waals surface area contributed by atoms with Gasteiger partial charge in [-0.2, -0.15) is 0 Å². The van der Waals surface area contributed by atoms with Crippen molar-refractivity contribution in [2.45, 2.75) is 13.8 Å². The van der Waals surface area contributed by atoms with Crippen LogP contribution in [0.25, 0.3) is 6.08 Å². The smallest absolute Gasteiger partial charge is 0.0263 e. The average molecular weight is 200 g/mol. The minimum absolute atomic E-state index is 1.17. The van der Waals surface area contributed by atoms with Crippen molar-refractivity contribution in [3.05, 3.63) is 73.5 Å². The van der Waals surface area contributed by atoms with Crippen molar-refractivity contribution in [3.63, 3.8) is 0 Å². The Morgan fingerprint density at radius 3 is 1.67 bits per heavy atom. The van der Waals surface area contributed by atoms with Crippen LogP contribution in [0.2, 0.25) is 0 Å². The van der Waals surface area contributed by atoms with Crippen molar-refractivity contribution in [1.29, 1.82) is 0 Å². The summed E-state index contributed by atoms with van der Waals surface area (Å²) in [5.41, 5.74) is 4.59. The van der Waals surface area contributed by atoms with Gasteiger partial charge in [-0.05, 0) is 19.4 Å². The predicted octanol–water partition coefficient (Wildman–Crippen LogP) is 4.87. The lowest BCUT2D eigenvalue weighted by Gasteiger charge is -1.85. The molecule has 0 aromatic heterocycles.